The Labute approximate surface area is 84.1 Å². The monoisotopic (exact) mass is 192 g/mol. The summed E-state index contributed by atoms with van der Waals surface area (Å²) in [6, 6.07) is 0. The zero-order chi connectivity index (χ0) is 10.1. The molecule has 0 radical (unpaired) electrons. The Hall–Kier alpha value is -1.12. The van der Waals surface area contributed by atoms with Gasteiger partial charge in [-0.15, -0.1) is 0 Å². The second-order valence-corrected chi connectivity index (χ2v) is 3.97. The van der Waals surface area contributed by atoms with Crippen molar-refractivity contribution in [3.8, 4) is 0 Å². The predicted molar refractivity (Wildman–Crippen MR) is 54.1 cm³/mol. The maximum Gasteiger partial charge on any atom is 0.133 e. The van der Waals surface area contributed by atoms with Gasteiger partial charge in [-0.25, -0.2) is 4.98 Å². The van der Waals surface area contributed by atoms with Crippen LogP contribution in [0.3, 0.4) is 0 Å². The maximum absolute atomic E-state index is 11.3. The lowest BCUT2D eigenvalue weighted by Crippen LogP contribution is -2.24. The largest absolute Gasteiger partial charge is 0.332 e. The molecule has 76 valence electrons. The fourth-order valence-corrected chi connectivity index (χ4v) is 2.16. The highest BCUT2D eigenvalue weighted by Gasteiger charge is 2.23. The molecule has 2 rings (SSSR count). The highest BCUT2D eigenvalue weighted by atomic mass is 16.1. The van der Waals surface area contributed by atoms with Crippen molar-refractivity contribution in [1.29, 1.82) is 0 Å². The van der Waals surface area contributed by atoms with Gasteiger partial charge in [0, 0.05) is 30.8 Å². The van der Waals surface area contributed by atoms with Crippen molar-refractivity contribution in [3.63, 3.8) is 0 Å². The first kappa shape index (κ1) is 9.44. The normalized spacial score (nSPS) is 20.6. The van der Waals surface area contributed by atoms with Crippen molar-refractivity contribution in [2.75, 3.05) is 0 Å². The van der Waals surface area contributed by atoms with E-state index in [4.69, 9.17) is 0 Å². The number of nitrogens with zero attached hydrogens (tertiary/aromatic N) is 2. The minimum Gasteiger partial charge on any atom is -0.332 e. The molecule has 3 nitrogen and oxygen atoms in total. The zero-order valence-electron chi connectivity index (χ0n) is 8.79. The van der Waals surface area contributed by atoms with Crippen molar-refractivity contribution in [2.24, 2.45) is 5.92 Å². The lowest BCUT2D eigenvalue weighted by atomic mass is 9.93. The van der Waals surface area contributed by atoms with Gasteiger partial charge in [0.1, 0.15) is 11.6 Å². The standard InChI is InChI=1S/C11H16N2O/c1-3-11-12-7-10-6-9(8(2)14)4-5-13(10)11/h7,9H,3-6H2,1-2H3. The SMILES string of the molecule is CCc1ncc2n1CCC(C(C)=O)C2. The van der Waals surface area contributed by atoms with Crippen LogP contribution in [-0.2, 0) is 24.2 Å². The molecule has 0 bridgehead atoms. The molecule has 1 aromatic rings. The van der Waals surface area contributed by atoms with E-state index in [0.717, 1.165) is 31.6 Å². The molecule has 0 saturated heterocycles. The molecule has 1 atom stereocenters. The van der Waals surface area contributed by atoms with E-state index in [-0.39, 0.29) is 5.92 Å². The Bertz CT molecular complexity index is 354. The van der Waals surface area contributed by atoms with Gasteiger partial charge in [0.05, 0.1) is 0 Å². The van der Waals surface area contributed by atoms with Crippen LogP contribution in [0.1, 0.15) is 31.8 Å². The highest BCUT2D eigenvalue weighted by molar-refractivity contribution is 5.78. The predicted octanol–water partition coefficient (Wildman–Crippen LogP) is 1.60. The van der Waals surface area contributed by atoms with Gasteiger partial charge in [0.25, 0.3) is 0 Å². The number of aryl methyl sites for hydroxylation is 1. The molecule has 2 heterocycles. The third-order valence-corrected chi connectivity index (χ3v) is 3.07. The second kappa shape index (κ2) is 3.56. The number of imidazole rings is 1. The third-order valence-electron chi connectivity index (χ3n) is 3.07. The summed E-state index contributed by atoms with van der Waals surface area (Å²) in [5, 5.41) is 0. The smallest absolute Gasteiger partial charge is 0.133 e. The van der Waals surface area contributed by atoms with Crippen molar-refractivity contribution >= 4 is 5.78 Å². The van der Waals surface area contributed by atoms with Crippen LogP contribution in [-0.4, -0.2) is 15.3 Å². The maximum atomic E-state index is 11.3. The molecule has 0 aliphatic carbocycles. The van der Waals surface area contributed by atoms with E-state index in [1.54, 1.807) is 6.92 Å². The lowest BCUT2D eigenvalue weighted by Gasteiger charge is -2.22. The highest BCUT2D eigenvalue weighted by Crippen LogP contribution is 2.22. The van der Waals surface area contributed by atoms with Gasteiger partial charge < -0.3 is 4.57 Å². The third kappa shape index (κ3) is 1.47. The van der Waals surface area contributed by atoms with Gasteiger partial charge >= 0.3 is 0 Å². The van der Waals surface area contributed by atoms with Gasteiger partial charge in [-0.3, -0.25) is 4.79 Å². The molecule has 1 aromatic heterocycles. The van der Waals surface area contributed by atoms with E-state index in [2.05, 4.69) is 16.5 Å². The fourth-order valence-electron chi connectivity index (χ4n) is 2.16. The molecule has 3 heteroatoms. The van der Waals surface area contributed by atoms with Gasteiger partial charge in [-0.2, -0.15) is 0 Å². The Morgan fingerprint density at radius 3 is 3.14 bits per heavy atom. The Morgan fingerprint density at radius 2 is 2.50 bits per heavy atom. The Balaban J connectivity index is 2.24. The Morgan fingerprint density at radius 1 is 1.71 bits per heavy atom. The minimum atomic E-state index is 0.226. The number of hydrogen-bond acceptors (Lipinski definition) is 2. The summed E-state index contributed by atoms with van der Waals surface area (Å²) in [7, 11) is 0. The average Bonchev–Trinajstić information content (AvgIpc) is 2.59. The number of aromatic nitrogens is 2. The molecule has 0 spiro atoms. The van der Waals surface area contributed by atoms with Crippen molar-refractivity contribution in [1.82, 2.24) is 9.55 Å². The van der Waals surface area contributed by atoms with Crippen LogP contribution in [0.25, 0.3) is 0 Å². The zero-order valence-corrected chi connectivity index (χ0v) is 8.79. The lowest BCUT2D eigenvalue weighted by molar-refractivity contribution is -0.121. The Kier molecular flexibility index (Phi) is 2.40. The molecule has 0 N–H and O–H groups in total. The van der Waals surface area contributed by atoms with Gasteiger partial charge in [0.2, 0.25) is 0 Å². The van der Waals surface area contributed by atoms with Crippen LogP contribution in [0, 0.1) is 5.92 Å². The van der Waals surface area contributed by atoms with Crippen molar-refractivity contribution < 1.29 is 4.79 Å². The molecule has 1 aliphatic rings. The van der Waals surface area contributed by atoms with E-state index in [1.807, 2.05) is 6.20 Å². The first-order valence-corrected chi connectivity index (χ1v) is 5.26. The van der Waals surface area contributed by atoms with Crippen LogP contribution in [0.2, 0.25) is 0 Å². The second-order valence-electron chi connectivity index (χ2n) is 3.97. The number of ketones is 1. The number of rotatable bonds is 2. The summed E-state index contributed by atoms with van der Waals surface area (Å²) in [5.41, 5.74) is 1.23. The number of Topliss-reactive ketones (excluding diaryl/α,β-unsaturated/α-hetero) is 1. The van der Waals surface area contributed by atoms with E-state index in [0.29, 0.717) is 5.78 Å². The van der Waals surface area contributed by atoms with Crippen molar-refractivity contribution in [3.05, 3.63) is 17.7 Å². The minimum absolute atomic E-state index is 0.226. The number of carbonyl (C=O) groups excluding carboxylic acids is 1. The van der Waals surface area contributed by atoms with Crippen LogP contribution >= 0.6 is 0 Å². The summed E-state index contributed by atoms with van der Waals surface area (Å²) in [4.78, 5) is 15.6. The van der Waals surface area contributed by atoms with E-state index >= 15 is 0 Å². The van der Waals surface area contributed by atoms with Crippen LogP contribution in [0.15, 0.2) is 6.20 Å². The summed E-state index contributed by atoms with van der Waals surface area (Å²) in [6.45, 7) is 4.77. The topological polar surface area (TPSA) is 34.9 Å². The van der Waals surface area contributed by atoms with Crippen LogP contribution in [0.5, 0.6) is 0 Å². The molecule has 1 unspecified atom stereocenters. The van der Waals surface area contributed by atoms with Gasteiger partial charge in [0.15, 0.2) is 0 Å². The number of fused-ring (bicyclic) bond motifs is 1. The average molecular weight is 192 g/mol. The van der Waals surface area contributed by atoms with E-state index in [9.17, 15) is 4.79 Å². The molecule has 1 aliphatic heterocycles. The summed E-state index contributed by atoms with van der Waals surface area (Å²) in [6.07, 6.45) is 4.76. The molecular formula is C11H16N2O. The van der Waals surface area contributed by atoms with Gasteiger partial charge in [-0.05, 0) is 19.8 Å². The molecular weight excluding hydrogens is 176 g/mol. The first-order chi connectivity index (χ1) is 6.72. The quantitative estimate of drug-likeness (QED) is 0.713. The van der Waals surface area contributed by atoms with Crippen LogP contribution in [0.4, 0.5) is 0 Å². The molecule has 0 amide bonds. The molecule has 14 heavy (non-hydrogen) atoms. The van der Waals surface area contributed by atoms with Crippen molar-refractivity contribution in [2.45, 2.75) is 39.7 Å². The number of carbonyl (C=O) groups is 1. The van der Waals surface area contributed by atoms with Gasteiger partial charge in [-0.1, -0.05) is 6.92 Å². The van der Waals surface area contributed by atoms with E-state index < -0.39 is 0 Å². The van der Waals surface area contributed by atoms with Crippen LogP contribution < -0.4 is 0 Å². The first-order valence-electron chi connectivity index (χ1n) is 5.26. The van der Waals surface area contributed by atoms with E-state index in [1.165, 1.54) is 5.69 Å². The summed E-state index contributed by atoms with van der Waals surface area (Å²) >= 11 is 0. The number of hydrogen-bond donors (Lipinski definition) is 0. The summed E-state index contributed by atoms with van der Waals surface area (Å²) < 4.78 is 2.26. The summed E-state index contributed by atoms with van der Waals surface area (Å²) in [5.74, 6) is 1.70. The molecule has 0 saturated carbocycles. The molecule has 0 aromatic carbocycles. The molecule has 0 fully saturated rings. The fraction of sp³-hybridized carbons (Fsp3) is 0.636.